The molecule has 0 aromatic heterocycles. The zero-order valence-electron chi connectivity index (χ0n) is 11.7. The molecule has 0 aromatic rings. The van der Waals surface area contributed by atoms with Crippen LogP contribution in [0.1, 0.15) is 0 Å². The second kappa shape index (κ2) is 5.59. The highest BCUT2D eigenvalue weighted by Crippen LogP contribution is 2.31. The zero-order chi connectivity index (χ0) is 15.3. The summed E-state index contributed by atoms with van der Waals surface area (Å²) in [7, 11) is 0. The van der Waals surface area contributed by atoms with Gasteiger partial charge in [-0.2, -0.15) is 0 Å². The van der Waals surface area contributed by atoms with Crippen molar-refractivity contribution in [2.24, 2.45) is 0 Å². The Kier molecular flexibility index (Phi) is 3.71. The van der Waals surface area contributed by atoms with Gasteiger partial charge < -0.3 is 38.6 Å². The molecule has 8 atom stereocenters. The molecule has 2 N–H and O–H groups in total. The van der Waals surface area contributed by atoms with Crippen molar-refractivity contribution >= 4 is 6.16 Å². The molecule has 4 aliphatic heterocycles. The number of hydrogen-bond acceptors (Lipinski definition) is 9. The molecular weight excluding hydrogens is 300 g/mol. The van der Waals surface area contributed by atoms with Gasteiger partial charge in [0.05, 0.1) is 26.4 Å². The van der Waals surface area contributed by atoms with Gasteiger partial charge in [-0.1, -0.05) is 0 Å². The van der Waals surface area contributed by atoms with Crippen LogP contribution >= 0.6 is 0 Å². The summed E-state index contributed by atoms with van der Waals surface area (Å²) in [6, 6.07) is 0. The number of aliphatic hydroxyl groups excluding tert-OH is 2. The number of rotatable bonds is 2. The van der Waals surface area contributed by atoms with E-state index in [2.05, 4.69) is 0 Å². The Hall–Kier alpha value is -0.970. The Bertz CT molecular complexity index is 405. The van der Waals surface area contributed by atoms with Crippen molar-refractivity contribution in [1.29, 1.82) is 0 Å². The Morgan fingerprint density at radius 3 is 1.59 bits per heavy atom. The molecule has 4 fully saturated rings. The molecule has 4 heterocycles. The lowest BCUT2D eigenvalue weighted by Crippen LogP contribution is -2.37. The number of fused-ring (bicyclic) bond motifs is 2. The number of carbonyl (C=O) groups is 1. The SMILES string of the molecule is O=C(OC1COC2C(O)COC12)OC1COC2C(O)COC12. The first-order valence-electron chi connectivity index (χ1n) is 7.33. The molecular formula is C13H18O9. The number of aliphatic hydroxyl groups is 2. The summed E-state index contributed by atoms with van der Waals surface area (Å²) >= 11 is 0. The van der Waals surface area contributed by atoms with Gasteiger partial charge in [-0.15, -0.1) is 0 Å². The highest BCUT2D eigenvalue weighted by molar-refractivity contribution is 5.60. The molecule has 0 aromatic carbocycles. The van der Waals surface area contributed by atoms with E-state index in [-0.39, 0.29) is 26.4 Å². The van der Waals surface area contributed by atoms with Gasteiger partial charge in [0, 0.05) is 0 Å². The van der Waals surface area contributed by atoms with Crippen molar-refractivity contribution < 1.29 is 43.4 Å². The number of ether oxygens (including phenoxy) is 6. The Morgan fingerprint density at radius 1 is 0.727 bits per heavy atom. The standard InChI is InChI=1S/C13H18O9/c14-5-1-17-11-7(3-19-9(5)11)21-13(16)22-8-4-20-10-6(15)2-18-12(8)10/h5-12,14-15H,1-4H2. The lowest BCUT2D eigenvalue weighted by molar-refractivity contribution is -0.0634. The largest absolute Gasteiger partial charge is 0.509 e. The smallest absolute Gasteiger partial charge is 0.426 e. The van der Waals surface area contributed by atoms with Crippen LogP contribution in [0.2, 0.25) is 0 Å². The molecule has 0 bridgehead atoms. The van der Waals surface area contributed by atoms with Crippen LogP contribution in [-0.2, 0) is 28.4 Å². The maximum absolute atomic E-state index is 11.9. The zero-order valence-corrected chi connectivity index (χ0v) is 11.7. The first kappa shape index (κ1) is 14.6. The van der Waals surface area contributed by atoms with Crippen LogP contribution in [0.25, 0.3) is 0 Å². The van der Waals surface area contributed by atoms with E-state index < -0.39 is 55.0 Å². The monoisotopic (exact) mass is 318 g/mol. The third-order valence-corrected chi connectivity index (χ3v) is 4.46. The highest BCUT2D eigenvalue weighted by atomic mass is 16.8. The maximum atomic E-state index is 11.9. The van der Waals surface area contributed by atoms with Gasteiger partial charge in [0.2, 0.25) is 0 Å². The van der Waals surface area contributed by atoms with E-state index in [1.807, 2.05) is 0 Å². The molecule has 0 aliphatic carbocycles. The molecule has 124 valence electrons. The van der Waals surface area contributed by atoms with E-state index >= 15 is 0 Å². The van der Waals surface area contributed by atoms with Gasteiger partial charge in [-0.3, -0.25) is 0 Å². The average molecular weight is 318 g/mol. The first-order valence-corrected chi connectivity index (χ1v) is 7.33. The molecule has 0 saturated carbocycles. The van der Waals surface area contributed by atoms with Gasteiger partial charge >= 0.3 is 6.16 Å². The third kappa shape index (κ3) is 2.38. The van der Waals surface area contributed by atoms with Gasteiger partial charge in [0.15, 0.2) is 12.2 Å². The van der Waals surface area contributed by atoms with Crippen LogP contribution in [0.3, 0.4) is 0 Å². The summed E-state index contributed by atoms with van der Waals surface area (Å²) in [6.45, 7) is 0.639. The summed E-state index contributed by atoms with van der Waals surface area (Å²) in [6.07, 6.45) is -5.36. The van der Waals surface area contributed by atoms with Crippen LogP contribution in [0.15, 0.2) is 0 Å². The summed E-state index contributed by atoms with van der Waals surface area (Å²) in [5, 5.41) is 19.3. The van der Waals surface area contributed by atoms with Gasteiger partial charge in [0.1, 0.15) is 36.6 Å². The summed E-state index contributed by atoms with van der Waals surface area (Å²) < 4.78 is 31.9. The summed E-state index contributed by atoms with van der Waals surface area (Å²) in [5.41, 5.74) is 0. The molecule has 4 saturated heterocycles. The minimum Gasteiger partial charge on any atom is -0.426 e. The number of carbonyl (C=O) groups excluding carboxylic acids is 1. The molecule has 0 amide bonds. The van der Waals surface area contributed by atoms with Crippen molar-refractivity contribution in [3.8, 4) is 0 Å². The summed E-state index contributed by atoms with van der Waals surface area (Å²) in [4.78, 5) is 11.9. The highest BCUT2D eigenvalue weighted by Gasteiger charge is 2.51. The average Bonchev–Trinajstić information content (AvgIpc) is 3.20. The van der Waals surface area contributed by atoms with E-state index in [0.717, 1.165) is 0 Å². The van der Waals surface area contributed by atoms with Crippen LogP contribution < -0.4 is 0 Å². The molecule has 8 unspecified atom stereocenters. The normalized spacial score (nSPS) is 49.9. The summed E-state index contributed by atoms with van der Waals surface area (Å²) in [5.74, 6) is 0. The lowest BCUT2D eigenvalue weighted by atomic mass is 10.1. The maximum Gasteiger partial charge on any atom is 0.509 e. The van der Waals surface area contributed by atoms with Gasteiger partial charge in [-0.05, 0) is 0 Å². The number of hydrogen-bond donors (Lipinski definition) is 2. The fraction of sp³-hybridized carbons (Fsp3) is 0.923. The van der Waals surface area contributed by atoms with E-state index in [0.29, 0.717) is 0 Å². The topological polar surface area (TPSA) is 113 Å². The van der Waals surface area contributed by atoms with Crippen molar-refractivity contribution in [2.75, 3.05) is 26.4 Å². The predicted molar refractivity (Wildman–Crippen MR) is 66.1 cm³/mol. The van der Waals surface area contributed by atoms with Crippen LogP contribution in [0.5, 0.6) is 0 Å². The quantitative estimate of drug-likeness (QED) is 0.569. The molecule has 0 radical (unpaired) electrons. The first-order chi connectivity index (χ1) is 10.6. The van der Waals surface area contributed by atoms with Crippen molar-refractivity contribution in [1.82, 2.24) is 0 Å². The molecule has 22 heavy (non-hydrogen) atoms. The fourth-order valence-electron chi connectivity index (χ4n) is 3.36. The van der Waals surface area contributed by atoms with E-state index in [1.165, 1.54) is 0 Å². The Labute approximate surface area is 126 Å². The van der Waals surface area contributed by atoms with Crippen LogP contribution in [0.4, 0.5) is 4.79 Å². The molecule has 0 spiro atoms. The second-order valence-electron chi connectivity index (χ2n) is 5.89. The van der Waals surface area contributed by atoms with E-state index in [9.17, 15) is 15.0 Å². The van der Waals surface area contributed by atoms with Crippen LogP contribution in [0, 0.1) is 0 Å². The molecule has 9 nitrogen and oxygen atoms in total. The molecule has 9 heteroatoms. The predicted octanol–water partition coefficient (Wildman–Crippen LogP) is -1.81. The second-order valence-corrected chi connectivity index (χ2v) is 5.89. The van der Waals surface area contributed by atoms with Crippen molar-refractivity contribution in [2.45, 2.75) is 48.8 Å². The Morgan fingerprint density at radius 2 is 1.14 bits per heavy atom. The third-order valence-electron chi connectivity index (χ3n) is 4.46. The van der Waals surface area contributed by atoms with E-state index in [4.69, 9.17) is 28.4 Å². The minimum atomic E-state index is -0.863. The molecule has 4 aliphatic rings. The van der Waals surface area contributed by atoms with Crippen molar-refractivity contribution in [3.05, 3.63) is 0 Å². The van der Waals surface area contributed by atoms with Crippen LogP contribution in [-0.4, -0.2) is 91.6 Å². The van der Waals surface area contributed by atoms with Crippen molar-refractivity contribution in [3.63, 3.8) is 0 Å². The van der Waals surface area contributed by atoms with Gasteiger partial charge in [0.25, 0.3) is 0 Å². The lowest BCUT2D eigenvalue weighted by Gasteiger charge is -2.19. The van der Waals surface area contributed by atoms with Gasteiger partial charge in [-0.25, -0.2) is 4.79 Å². The minimum absolute atomic E-state index is 0.157. The Balaban J connectivity index is 1.30. The van der Waals surface area contributed by atoms with E-state index in [1.54, 1.807) is 0 Å². The fourth-order valence-corrected chi connectivity index (χ4v) is 3.36. The molecule has 4 rings (SSSR count).